The van der Waals surface area contributed by atoms with Gasteiger partial charge in [0, 0.05) is 19.0 Å². The van der Waals surface area contributed by atoms with Crippen molar-refractivity contribution in [3.8, 4) is 0 Å². The van der Waals surface area contributed by atoms with Crippen LogP contribution in [-0.2, 0) is 9.53 Å². The molecule has 6 unspecified atom stereocenters. The second-order valence-electron chi connectivity index (χ2n) is 30.0. The van der Waals surface area contributed by atoms with Crippen molar-refractivity contribution in [1.29, 1.82) is 0 Å². The molecule has 87 heavy (non-hydrogen) atoms. The molecule has 0 radical (unpaired) electrons. The van der Waals surface area contributed by atoms with Crippen molar-refractivity contribution in [3.63, 3.8) is 0 Å². The molecule has 1 aliphatic rings. The normalized spacial score (nSPS) is 15.6. The van der Waals surface area contributed by atoms with Gasteiger partial charge in [-0.05, 0) is 49.9 Å². The molecule has 0 heterocycles. The first kappa shape index (κ1) is 84.4. The highest BCUT2D eigenvalue weighted by atomic mass is 16.5. The average molecular weight is 1230 g/mol. The van der Waals surface area contributed by atoms with E-state index in [1.165, 1.54) is 417 Å². The third kappa shape index (κ3) is 61.3. The number of aliphatic carboxylic acids is 1. The Labute approximate surface area is 549 Å². The standard InChI is InChI=1S/C83H164O4/c1-5-7-9-11-13-15-17-19-21-23-24-25-26-30-37-43-49-55-61-67-73-80(83(85)86)81(84)74-68-62-56-50-44-38-31-27-29-35-41-47-53-59-65-71-78-76-79(78)72-66-60-54-48-42-36-32-33-39-45-51-57-63-69-75-82(87-4)77(3)70-64-58-52-46-40-34-28-22-20-18-16-14-12-10-8-6-2/h77-82,84H,5-76H2,1-4H3,(H,85,86)/p-1. The van der Waals surface area contributed by atoms with Crippen molar-refractivity contribution in [2.24, 2.45) is 23.7 Å². The Morgan fingerprint density at radius 2 is 0.529 bits per heavy atom. The topological polar surface area (TPSA) is 69.6 Å². The maximum atomic E-state index is 11.8. The fraction of sp³-hybridized carbons (Fsp3) is 0.988. The van der Waals surface area contributed by atoms with Gasteiger partial charge >= 0.3 is 0 Å². The minimum absolute atomic E-state index is 0.470. The van der Waals surface area contributed by atoms with Gasteiger partial charge in [-0.3, -0.25) is 0 Å². The van der Waals surface area contributed by atoms with Crippen LogP contribution in [0.2, 0.25) is 0 Å². The van der Waals surface area contributed by atoms with Crippen LogP contribution in [0.15, 0.2) is 0 Å². The molecule has 1 rings (SSSR count). The van der Waals surface area contributed by atoms with Crippen LogP contribution < -0.4 is 5.11 Å². The molecular formula is C83H163O4-. The average Bonchev–Trinajstić information content (AvgIpc) is 3.66. The molecule has 1 N–H and O–H groups in total. The zero-order valence-electron chi connectivity index (χ0n) is 60.5. The molecule has 6 atom stereocenters. The number of methoxy groups -OCH3 is 1. The monoisotopic (exact) mass is 1220 g/mol. The third-order valence-electron chi connectivity index (χ3n) is 21.5. The van der Waals surface area contributed by atoms with E-state index in [0.29, 0.717) is 24.9 Å². The lowest BCUT2D eigenvalue weighted by atomic mass is 9.91. The van der Waals surface area contributed by atoms with Crippen molar-refractivity contribution in [2.45, 2.75) is 495 Å². The van der Waals surface area contributed by atoms with Gasteiger partial charge in [-0.15, -0.1) is 0 Å². The number of carbonyl (C=O) groups excluding carboxylic acids is 1. The highest BCUT2D eigenvalue weighted by molar-refractivity contribution is 5.68. The van der Waals surface area contributed by atoms with Crippen molar-refractivity contribution in [2.75, 3.05) is 7.11 Å². The van der Waals surface area contributed by atoms with Crippen LogP contribution in [0.5, 0.6) is 0 Å². The van der Waals surface area contributed by atoms with E-state index in [9.17, 15) is 15.0 Å². The van der Waals surface area contributed by atoms with E-state index in [4.69, 9.17) is 4.74 Å². The van der Waals surface area contributed by atoms with Gasteiger partial charge in [0.15, 0.2) is 0 Å². The summed E-state index contributed by atoms with van der Waals surface area (Å²) >= 11 is 0. The zero-order valence-corrected chi connectivity index (χ0v) is 60.5. The smallest absolute Gasteiger partial charge is 0.0620 e. The van der Waals surface area contributed by atoms with E-state index in [2.05, 4.69) is 20.8 Å². The molecular weight excluding hydrogens is 1060 g/mol. The Morgan fingerprint density at radius 3 is 0.770 bits per heavy atom. The summed E-state index contributed by atoms with van der Waals surface area (Å²) in [7, 11) is 1.96. The molecule has 0 aromatic rings. The number of hydrogen-bond donors (Lipinski definition) is 1. The highest BCUT2D eigenvalue weighted by Gasteiger charge is 2.35. The van der Waals surface area contributed by atoms with Crippen molar-refractivity contribution in [1.82, 2.24) is 0 Å². The van der Waals surface area contributed by atoms with Gasteiger partial charge in [-0.1, -0.05) is 451 Å². The lowest BCUT2D eigenvalue weighted by Gasteiger charge is -2.24. The largest absolute Gasteiger partial charge is 0.550 e. The number of carboxylic acids is 1. The number of carbonyl (C=O) groups is 1. The van der Waals surface area contributed by atoms with Crippen LogP contribution in [0, 0.1) is 23.7 Å². The first-order valence-electron chi connectivity index (χ1n) is 41.4. The number of hydrogen-bond acceptors (Lipinski definition) is 4. The van der Waals surface area contributed by atoms with Crippen molar-refractivity contribution >= 4 is 5.97 Å². The number of carboxylic acid groups (broad SMARTS) is 1. The Balaban J connectivity index is 1.76. The number of aliphatic hydroxyl groups excluding tert-OH is 1. The second kappa shape index (κ2) is 69.7. The number of aliphatic hydroxyl groups is 1. The number of unbranched alkanes of at least 4 members (excludes halogenated alkanes) is 61. The predicted molar refractivity (Wildman–Crippen MR) is 385 cm³/mol. The molecule has 0 saturated heterocycles. The van der Waals surface area contributed by atoms with Crippen LogP contribution >= 0.6 is 0 Å². The summed E-state index contributed by atoms with van der Waals surface area (Å²) < 4.78 is 5.98. The van der Waals surface area contributed by atoms with Crippen molar-refractivity contribution in [3.05, 3.63) is 0 Å². The summed E-state index contributed by atoms with van der Waals surface area (Å²) in [6, 6.07) is 0. The molecule has 0 aliphatic heterocycles. The summed E-state index contributed by atoms with van der Waals surface area (Å²) in [4.78, 5) is 11.8. The number of ether oxygens (including phenoxy) is 1. The molecule has 4 heteroatoms. The quantitative estimate of drug-likeness (QED) is 0.0616. The van der Waals surface area contributed by atoms with Crippen LogP contribution in [0.4, 0.5) is 0 Å². The summed E-state index contributed by atoms with van der Waals surface area (Å²) in [5.41, 5.74) is 0. The fourth-order valence-corrected chi connectivity index (χ4v) is 15.1. The molecule has 0 amide bonds. The second-order valence-corrected chi connectivity index (χ2v) is 30.0. The van der Waals surface area contributed by atoms with E-state index in [1.807, 2.05) is 7.11 Å². The highest BCUT2D eigenvalue weighted by Crippen LogP contribution is 2.46. The molecule has 1 aliphatic carbocycles. The van der Waals surface area contributed by atoms with Gasteiger partial charge in [0.2, 0.25) is 0 Å². The summed E-state index contributed by atoms with van der Waals surface area (Å²) in [6.45, 7) is 7.05. The predicted octanol–water partition coefficient (Wildman–Crippen LogP) is 27.7. The van der Waals surface area contributed by atoms with E-state index >= 15 is 0 Å². The first-order chi connectivity index (χ1) is 42.9. The minimum atomic E-state index is -1.05. The maximum Gasteiger partial charge on any atom is 0.0620 e. The molecule has 1 saturated carbocycles. The van der Waals surface area contributed by atoms with Gasteiger partial charge < -0.3 is 19.7 Å². The lowest BCUT2D eigenvalue weighted by molar-refractivity contribution is -0.314. The minimum Gasteiger partial charge on any atom is -0.550 e. The Morgan fingerprint density at radius 1 is 0.322 bits per heavy atom. The van der Waals surface area contributed by atoms with Crippen LogP contribution in [0.25, 0.3) is 0 Å². The summed E-state index contributed by atoms with van der Waals surface area (Å²) in [6.07, 6.45) is 98.7. The van der Waals surface area contributed by atoms with E-state index in [0.717, 1.165) is 37.5 Å². The van der Waals surface area contributed by atoms with Gasteiger partial charge in [-0.25, -0.2) is 0 Å². The molecule has 0 bridgehead atoms. The van der Waals surface area contributed by atoms with Gasteiger partial charge in [0.25, 0.3) is 0 Å². The van der Waals surface area contributed by atoms with Crippen LogP contribution in [0.1, 0.15) is 483 Å². The van der Waals surface area contributed by atoms with E-state index in [-0.39, 0.29) is 0 Å². The molecule has 0 spiro atoms. The van der Waals surface area contributed by atoms with E-state index in [1.54, 1.807) is 6.42 Å². The lowest BCUT2D eigenvalue weighted by Crippen LogP contribution is -2.38. The van der Waals surface area contributed by atoms with Gasteiger partial charge in [-0.2, -0.15) is 0 Å². The van der Waals surface area contributed by atoms with Gasteiger partial charge in [0.05, 0.1) is 12.2 Å². The van der Waals surface area contributed by atoms with Crippen molar-refractivity contribution < 1.29 is 19.7 Å². The molecule has 1 fully saturated rings. The first-order valence-corrected chi connectivity index (χ1v) is 41.4. The molecule has 520 valence electrons. The Hall–Kier alpha value is -0.610. The van der Waals surface area contributed by atoms with Gasteiger partial charge in [0.1, 0.15) is 0 Å². The zero-order chi connectivity index (χ0) is 62.7. The fourth-order valence-electron chi connectivity index (χ4n) is 15.1. The summed E-state index contributed by atoms with van der Waals surface area (Å²) in [5, 5.41) is 22.5. The Kier molecular flexibility index (Phi) is 67.6. The Bertz CT molecular complexity index is 1300. The SMILES string of the molecule is CCCCCCCCCCCCCCCCCCCCCCC(C(=O)[O-])C(O)CCCCCCCCCCCCCCCCCC1CC1CCCCCCCCCCCCCCCCC(OC)C(C)CCCCCCCCCCCCCCCCCC. The van der Waals surface area contributed by atoms with E-state index < -0.39 is 18.0 Å². The number of rotatable bonds is 77. The molecule has 0 aromatic heterocycles. The molecule has 0 aromatic carbocycles. The maximum absolute atomic E-state index is 11.8. The summed E-state index contributed by atoms with van der Waals surface area (Å²) in [5.74, 6) is 1.14. The van der Waals surface area contributed by atoms with Crippen LogP contribution in [0.3, 0.4) is 0 Å². The third-order valence-corrected chi connectivity index (χ3v) is 21.5. The van der Waals surface area contributed by atoms with Crippen LogP contribution in [-0.4, -0.2) is 30.4 Å². The molecule has 4 nitrogen and oxygen atoms in total.